The van der Waals surface area contributed by atoms with Crippen LogP contribution in [0.2, 0.25) is 0 Å². The molecule has 0 fully saturated rings. The molecule has 1 nitrogen and oxygen atoms in total. The van der Waals surface area contributed by atoms with Crippen molar-refractivity contribution >= 4 is 11.9 Å². The van der Waals surface area contributed by atoms with Gasteiger partial charge in [-0.25, -0.2) is 0 Å². The van der Waals surface area contributed by atoms with Crippen molar-refractivity contribution in [1.82, 2.24) is 0 Å². The van der Waals surface area contributed by atoms with Crippen LogP contribution in [-0.4, -0.2) is 6.29 Å². The van der Waals surface area contributed by atoms with E-state index >= 15 is 0 Å². The zero-order valence-corrected chi connectivity index (χ0v) is 16.2. The van der Waals surface area contributed by atoms with E-state index in [1.807, 2.05) is 0 Å². The van der Waals surface area contributed by atoms with Crippen LogP contribution in [0.15, 0.2) is 24.3 Å². The number of rotatable bonds is 7. The van der Waals surface area contributed by atoms with Crippen LogP contribution < -0.4 is 0 Å². The summed E-state index contributed by atoms with van der Waals surface area (Å²) in [6.45, 7) is 11.6. The van der Waals surface area contributed by atoms with Crippen LogP contribution in [0, 0.1) is 0 Å². The molecule has 0 heterocycles. The second kappa shape index (κ2) is 7.68. The fourth-order valence-electron chi connectivity index (χ4n) is 3.83. The topological polar surface area (TPSA) is 17.1 Å². The van der Waals surface area contributed by atoms with Gasteiger partial charge in [-0.3, -0.25) is 4.79 Å². The van der Waals surface area contributed by atoms with Gasteiger partial charge in [-0.1, -0.05) is 78.2 Å². The van der Waals surface area contributed by atoms with Crippen LogP contribution in [0.25, 0.3) is 5.57 Å². The van der Waals surface area contributed by atoms with E-state index in [1.54, 1.807) is 0 Å². The molecule has 1 aromatic rings. The molecule has 1 aromatic carbocycles. The molecule has 0 aromatic heterocycles. The van der Waals surface area contributed by atoms with Crippen LogP contribution >= 0.6 is 0 Å². The predicted molar refractivity (Wildman–Crippen MR) is 105 cm³/mol. The Morgan fingerprint density at radius 3 is 2.29 bits per heavy atom. The Bertz CT molecular complexity index is 604. The molecule has 0 atom stereocenters. The van der Waals surface area contributed by atoms with Crippen molar-refractivity contribution in [2.75, 3.05) is 0 Å². The monoisotopic (exact) mass is 326 g/mol. The number of carbonyl (C=O) groups excluding carboxylic acids is 1. The molecule has 0 unspecified atom stereocenters. The lowest BCUT2D eigenvalue weighted by atomic mass is 9.63. The summed E-state index contributed by atoms with van der Waals surface area (Å²) in [6, 6.07) is 6.69. The number of aldehydes is 1. The van der Waals surface area contributed by atoms with Crippen LogP contribution in [0.5, 0.6) is 0 Å². The summed E-state index contributed by atoms with van der Waals surface area (Å²) in [5.41, 5.74) is 5.24. The molecule has 24 heavy (non-hydrogen) atoms. The normalized spacial score (nSPS) is 19.0. The van der Waals surface area contributed by atoms with E-state index in [0.29, 0.717) is 0 Å². The first kappa shape index (κ1) is 19.0. The number of fused-ring (bicyclic) bond motifs is 1. The first-order valence-corrected chi connectivity index (χ1v) is 9.62. The van der Waals surface area contributed by atoms with Crippen LogP contribution in [-0.2, 0) is 15.6 Å². The molecule has 1 aliphatic carbocycles. The molecule has 2 rings (SSSR count). The Balaban J connectivity index is 2.28. The van der Waals surface area contributed by atoms with Gasteiger partial charge >= 0.3 is 0 Å². The van der Waals surface area contributed by atoms with Gasteiger partial charge in [0.2, 0.25) is 0 Å². The molecule has 0 bridgehead atoms. The first-order chi connectivity index (χ1) is 11.3. The Labute approximate surface area is 148 Å². The molecule has 0 aliphatic heterocycles. The van der Waals surface area contributed by atoms with Crippen molar-refractivity contribution in [3.8, 4) is 0 Å². The zero-order chi connectivity index (χ0) is 17.8. The van der Waals surface area contributed by atoms with Gasteiger partial charge in [0.1, 0.15) is 6.29 Å². The molecule has 132 valence electrons. The van der Waals surface area contributed by atoms with E-state index in [2.05, 4.69) is 58.9 Å². The second-order valence-corrected chi connectivity index (χ2v) is 8.65. The summed E-state index contributed by atoms with van der Waals surface area (Å²) in [7, 11) is 0. The Morgan fingerprint density at radius 2 is 1.67 bits per heavy atom. The van der Waals surface area contributed by atoms with Gasteiger partial charge in [0, 0.05) is 5.57 Å². The quantitative estimate of drug-likeness (QED) is 0.314. The highest BCUT2D eigenvalue weighted by atomic mass is 16.1. The first-order valence-electron chi connectivity index (χ1n) is 9.62. The largest absolute Gasteiger partial charge is 0.298 e. The highest BCUT2D eigenvalue weighted by Gasteiger charge is 2.36. The van der Waals surface area contributed by atoms with Crippen molar-refractivity contribution in [3.05, 3.63) is 41.0 Å². The fraction of sp³-hybridized carbons (Fsp3) is 0.609. The number of hydrogen-bond donors (Lipinski definition) is 0. The van der Waals surface area contributed by atoms with E-state index in [-0.39, 0.29) is 10.8 Å². The predicted octanol–water partition coefficient (Wildman–Crippen LogP) is 6.59. The van der Waals surface area contributed by atoms with Crippen molar-refractivity contribution in [1.29, 1.82) is 0 Å². The smallest absolute Gasteiger partial charge is 0.150 e. The summed E-state index contributed by atoms with van der Waals surface area (Å²) >= 11 is 0. The molecule has 0 saturated heterocycles. The SMILES string of the molecule is CCCCCCC=C(C=O)c1ccc2c(c1)C(C)(C)CCC2(C)C. The maximum atomic E-state index is 11.6. The van der Waals surface area contributed by atoms with E-state index in [0.717, 1.165) is 23.8 Å². The van der Waals surface area contributed by atoms with Crippen molar-refractivity contribution < 1.29 is 4.79 Å². The number of carbonyl (C=O) groups is 1. The van der Waals surface area contributed by atoms with Gasteiger partial charge in [0.15, 0.2) is 0 Å². The van der Waals surface area contributed by atoms with E-state index in [4.69, 9.17) is 0 Å². The second-order valence-electron chi connectivity index (χ2n) is 8.65. The van der Waals surface area contributed by atoms with Crippen LogP contribution in [0.3, 0.4) is 0 Å². The van der Waals surface area contributed by atoms with Gasteiger partial charge in [0.25, 0.3) is 0 Å². The molecular formula is C23H34O. The average Bonchev–Trinajstić information content (AvgIpc) is 2.55. The highest BCUT2D eigenvalue weighted by molar-refractivity contribution is 6.06. The lowest BCUT2D eigenvalue weighted by Crippen LogP contribution is -2.33. The molecule has 0 N–H and O–H groups in total. The number of allylic oxidation sites excluding steroid dienone is 2. The summed E-state index contributed by atoms with van der Waals surface area (Å²) in [6.07, 6.45) is 11.5. The summed E-state index contributed by atoms with van der Waals surface area (Å²) in [5.74, 6) is 0. The summed E-state index contributed by atoms with van der Waals surface area (Å²) in [5, 5.41) is 0. The van der Waals surface area contributed by atoms with Gasteiger partial charge in [-0.15, -0.1) is 0 Å². The third-order valence-electron chi connectivity index (χ3n) is 5.74. The molecule has 1 aliphatic rings. The zero-order valence-electron chi connectivity index (χ0n) is 16.2. The highest BCUT2D eigenvalue weighted by Crippen LogP contribution is 2.46. The molecule has 0 saturated carbocycles. The van der Waals surface area contributed by atoms with Gasteiger partial charge in [-0.2, -0.15) is 0 Å². The summed E-state index contributed by atoms with van der Waals surface area (Å²) < 4.78 is 0. The minimum Gasteiger partial charge on any atom is -0.298 e. The number of unbranched alkanes of at least 4 members (excludes halogenated alkanes) is 4. The Kier molecular flexibility index (Phi) is 6.06. The van der Waals surface area contributed by atoms with Crippen LogP contribution in [0.4, 0.5) is 0 Å². The average molecular weight is 327 g/mol. The lowest BCUT2D eigenvalue weighted by molar-refractivity contribution is -0.103. The number of hydrogen-bond acceptors (Lipinski definition) is 1. The third kappa shape index (κ3) is 4.18. The van der Waals surface area contributed by atoms with Crippen molar-refractivity contribution in [3.63, 3.8) is 0 Å². The minimum absolute atomic E-state index is 0.190. The van der Waals surface area contributed by atoms with Crippen molar-refractivity contribution in [2.45, 2.75) is 90.4 Å². The minimum atomic E-state index is 0.190. The lowest BCUT2D eigenvalue weighted by Gasteiger charge is -2.42. The van der Waals surface area contributed by atoms with Crippen LogP contribution in [0.1, 0.15) is 96.3 Å². The Hall–Kier alpha value is -1.37. The number of benzene rings is 1. The fourth-order valence-corrected chi connectivity index (χ4v) is 3.83. The molecule has 0 spiro atoms. The standard InChI is InChI=1S/C23H34O/c1-6-7-8-9-10-11-19(17-24)18-12-13-20-21(16-18)23(4,5)15-14-22(20,2)3/h11-13,16-17H,6-10,14-15H2,1-5H3. The van der Waals surface area contributed by atoms with Gasteiger partial charge in [0.05, 0.1) is 0 Å². The molecule has 0 amide bonds. The maximum absolute atomic E-state index is 11.6. The maximum Gasteiger partial charge on any atom is 0.150 e. The molecular weight excluding hydrogens is 292 g/mol. The molecule has 0 radical (unpaired) electrons. The van der Waals surface area contributed by atoms with Gasteiger partial charge < -0.3 is 0 Å². The summed E-state index contributed by atoms with van der Waals surface area (Å²) in [4.78, 5) is 11.6. The van der Waals surface area contributed by atoms with Gasteiger partial charge in [-0.05, 0) is 53.2 Å². The van der Waals surface area contributed by atoms with E-state index < -0.39 is 0 Å². The van der Waals surface area contributed by atoms with E-state index in [9.17, 15) is 4.79 Å². The van der Waals surface area contributed by atoms with Crippen molar-refractivity contribution in [2.24, 2.45) is 0 Å². The van der Waals surface area contributed by atoms with E-state index in [1.165, 1.54) is 49.7 Å². The Morgan fingerprint density at radius 1 is 1.00 bits per heavy atom. The molecule has 1 heteroatoms. The third-order valence-corrected chi connectivity index (χ3v) is 5.74.